The molecular weight excluding hydrogens is 326 g/mol. The monoisotopic (exact) mass is 355 g/mol. The second-order valence-electron chi connectivity index (χ2n) is 7.64. The maximum absolute atomic E-state index is 11.8. The van der Waals surface area contributed by atoms with Crippen LogP contribution in [0.25, 0.3) is 0 Å². The van der Waals surface area contributed by atoms with Crippen LogP contribution in [0.15, 0.2) is 24.3 Å². The van der Waals surface area contributed by atoms with Crippen molar-refractivity contribution in [2.24, 2.45) is 11.7 Å². The number of hydrogen-bond acceptors (Lipinski definition) is 5. The summed E-state index contributed by atoms with van der Waals surface area (Å²) in [5.41, 5.74) is 8.05. The number of carbonyl (C=O) groups excluding carboxylic acids is 1. The fourth-order valence-electron chi connectivity index (χ4n) is 4.21. The number of anilines is 1. The van der Waals surface area contributed by atoms with E-state index in [1.165, 1.54) is 11.3 Å². The van der Waals surface area contributed by atoms with E-state index in [0.717, 1.165) is 39.1 Å². The summed E-state index contributed by atoms with van der Waals surface area (Å²) in [6.07, 6.45) is 0.852. The van der Waals surface area contributed by atoms with E-state index < -0.39 is 0 Å². The van der Waals surface area contributed by atoms with Crippen LogP contribution in [0.1, 0.15) is 31.9 Å². The lowest BCUT2D eigenvalue weighted by atomic mass is 10.0. The number of likely N-dealkylation sites (tertiary alicyclic amines) is 1. The highest BCUT2D eigenvalue weighted by atomic mass is 16.1. The van der Waals surface area contributed by atoms with Crippen molar-refractivity contribution in [1.29, 1.82) is 5.26 Å². The van der Waals surface area contributed by atoms with Gasteiger partial charge in [0.25, 0.3) is 0 Å². The number of nitriles is 1. The van der Waals surface area contributed by atoms with Crippen molar-refractivity contribution >= 4 is 11.6 Å². The smallest absolute Gasteiger partial charge is 0.234 e. The van der Waals surface area contributed by atoms with Crippen LogP contribution in [0.4, 0.5) is 5.69 Å². The Morgan fingerprint density at radius 1 is 1.27 bits per heavy atom. The van der Waals surface area contributed by atoms with Gasteiger partial charge in [0.15, 0.2) is 0 Å². The first-order chi connectivity index (χ1) is 12.5. The van der Waals surface area contributed by atoms with Gasteiger partial charge in [0.05, 0.1) is 18.7 Å². The standard InChI is InChI=1S/C20H29N5O/c1-15-13-19(20(22)26)25(14-15)16(2)17-3-5-18(6-4-17)24-11-9-23(8-7-21)10-12-24/h3-6,15-16,19H,8-14H2,1-2H3,(H2,22,26)/t15-,16-,19-/m0/s1. The van der Waals surface area contributed by atoms with Crippen molar-refractivity contribution in [2.75, 3.05) is 44.2 Å². The molecule has 0 spiro atoms. The molecule has 140 valence electrons. The average Bonchev–Trinajstić information content (AvgIpc) is 3.04. The van der Waals surface area contributed by atoms with Crippen LogP contribution in [-0.2, 0) is 4.79 Å². The summed E-state index contributed by atoms with van der Waals surface area (Å²) in [6.45, 7) is 9.52. The molecule has 3 rings (SSSR count). The third kappa shape index (κ3) is 4.00. The fraction of sp³-hybridized carbons (Fsp3) is 0.600. The molecule has 0 aliphatic carbocycles. The summed E-state index contributed by atoms with van der Waals surface area (Å²) in [5.74, 6) is 0.284. The highest BCUT2D eigenvalue weighted by Gasteiger charge is 2.36. The topological polar surface area (TPSA) is 76.6 Å². The largest absolute Gasteiger partial charge is 0.369 e. The van der Waals surface area contributed by atoms with E-state index in [1.807, 2.05) is 0 Å². The summed E-state index contributed by atoms with van der Waals surface area (Å²) < 4.78 is 0. The third-order valence-corrected chi connectivity index (χ3v) is 5.78. The first kappa shape index (κ1) is 18.7. The summed E-state index contributed by atoms with van der Waals surface area (Å²) in [7, 11) is 0. The van der Waals surface area contributed by atoms with Gasteiger partial charge >= 0.3 is 0 Å². The quantitative estimate of drug-likeness (QED) is 0.812. The Morgan fingerprint density at radius 2 is 1.92 bits per heavy atom. The molecule has 2 N–H and O–H groups in total. The molecule has 0 aromatic heterocycles. The number of carbonyl (C=O) groups is 1. The minimum absolute atomic E-state index is 0.159. The van der Waals surface area contributed by atoms with Gasteiger partial charge in [-0.2, -0.15) is 5.26 Å². The number of benzene rings is 1. The zero-order valence-corrected chi connectivity index (χ0v) is 15.8. The van der Waals surface area contributed by atoms with Crippen molar-refractivity contribution in [3.05, 3.63) is 29.8 Å². The van der Waals surface area contributed by atoms with E-state index >= 15 is 0 Å². The van der Waals surface area contributed by atoms with Crippen LogP contribution < -0.4 is 10.6 Å². The molecule has 1 amide bonds. The predicted octanol–water partition coefficient (Wildman–Crippen LogP) is 1.59. The summed E-state index contributed by atoms with van der Waals surface area (Å²) in [5, 5.41) is 8.80. The molecule has 2 aliphatic rings. The lowest BCUT2D eigenvalue weighted by Gasteiger charge is -2.35. The minimum atomic E-state index is -0.215. The van der Waals surface area contributed by atoms with Crippen molar-refractivity contribution in [1.82, 2.24) is 9.80 Å². The van der Waals surface area contributed by atoms with Crippen LogP contribution in [0.5, 0.6) is 0 Å². The molecule has 0 bridgehead atoms. The fourth-order valence-corrected chi connectivity index (χ4v) is 4.21. The zero-order chi connectivity index (χ0) is 18.7. The molecule has 2 heterocycles. The van der Waals surface area contributed by atoms with Crippen LogP contribution in [0.3, 0.4) is 0 Å². The molecule has 0 unspecified atom stereocenters. The van der Waals surface area contributed by atoms with Gasteiger partial charge in [-0.15, -0.1) is 0 Å². The van der Waals surface area contributed by atoms with Crippen molar-refractivity contribution < 1.29 is 4.79 Å². The first-order valence-corrected chi connectivity index (χ1v) is 9.49. The predicted molar refractivity (Wildman–Crippen MR) is 103 cm³/mol. The number of rotatable bonds is 5. The lowest BCUT2D eigenvalue weighted by Crippen LogP contribution is -2.46. The second-order valence-corrected chi connectivity index (χ2v) is 7.64. The number of amides is 1. The minimum Gasteiger partial charge on any atom is -0.369 e. The molecule has 6 heteroatoms. The van der Waals surface area contributed by atoms with Crippen LogP contribution in [-0.4, -0.2) is 61.0 Å². The summed E-state index contributed by atoms with van der Waals surface area (Å²) in [4.78, 5) is 18.6. The van der Waals surface area contributed by atoms with Gasteiger partial charge in [-0.25, -0.2) is 0 Å². The zero-order valence-electron chi connectivity index (χ0n) is 15.8. The Labute approximate surface area is 156 Å². The summed E-state index contributed by atoms with van der Waals surface area (Å²) >= 11 is 0. The van der Waals surface area contributed by atoms with E-state index in [2.05, 4.69) is 58.9 Å². The van der Waals surface area contributed by atoms with E-state index in [-0.39, 0.29) is 18.0 Å². The van der Waals surface area contributed by atoms with E-state index in [4.69, 9.17) is 11.0 Å². The van der Waals surface area contributed by atoms with Crippen molar-refractivity contribution in [3.63, 3.8) is 0 Å². The Bertz CT molecular complexity index is 660. The third-order valence-electron chi connectivity index (χ3n) is 5.78. The normalized spacial score (nSPS) is 25.8. The number of piperazine rings is 1. The highest BCUT2D eigenvalue weighted by Crippen LogP contribution is 2.32. The van der Waals surface area contributed by atoms with Gasteiger partial charge in [0.1, 0.15) is 0 Å². The van der Waals surface area contributed by atoms with Crippen LogP contribution in [0, 0.1) is 17.2 Å². The molecular formula is C20H29N5O. The number of nitrogens with two attached hydrogens (primary N) is 1. The maximum atomic E-state index is 11.8. The SMILES string of the molecule is C[C@H]1C[C@@H](C(N)=O)N([C@@H](C)c2ccc(N3CCN(CC#N)CC3)cc2)C1. The molecule has 1 aromatic rings. The molecule has 6 nitrogen and oxygen atoms in total. The molecule has 0 saturated carbocycles. The van der Waals surface area contributed by atoms with E-state index in [1.54, 1.807) is 0 Å². The Kier molecular flexibility index (Phi) is 5.80. The van der Waals surface area contributed by atoms with Gasteiger partial charge in [0, 0.05) is 44.5 Å². The Morgan fingerprint density at radius 3 is 2.50 bits per heavy atom. The molecule has 26 heavy (non-hydrogen) atoms. The van der Waals surface area contributed by atoms with Crippen molar-refractivity contribution in [2.45, 2.75) is 32.4 Å². The van der Waals surface area contributed by atoms with Gasteiger partial charge in [0.2, 0.25) is 5.91 Å². The molecule has 2 saturated heterocycles. The van der Waals surface area contributed by atoms with E-state index in [0.29, 0.717) is 12.5 Å². The molecule has 3 atom stereocenters. The maximum Gasteiger partial charge on any atom is 0.234 e. The van der Waals surface area contributed by atoms with Crippen LogP contribution in [0.2, 0.25) is 0 Å². The second kappa shape index (κ2) is 8.07. The average molecular weight is 355 g/mol. The molecule has 1 aromatic carbocycles. The number of nitrogens with zero attached hydrogens (tertiary/aromatic N) is 4. The van der Waals surface area contributed by atoms with Gasteiger partial charge in [-0.05, 0) is 37.0 Å². The van der Waals surface area contributed by atoms with Crippen molar-refractivity contribution in [3.8, 4) is 6.07 Å². The number of hydrogen-bond donors (Lipinski definition) is 1. The van der Waals surface area contributed by atoms with Gasteiger partial charge < -0.3 is 10.6 Å². The van der Waals surface area contributed by atoms with E-state index in [9.17, 15) is 4.79 Å². The lowest BCUT2D eigenvalue weighted by molar-refractivity contribution is -0.122. The van der Waals surface area contributed by atoms with Crippen LogP contribution >= 0.6 is 0 Å². The van der Waals surface area contributed by atoms with Gasteiger partial charge in [-0.3, -0.25) is 14.6 Å². The molecule has 0 radical (unpaired) electrons. The Hall–Kier alpha value is -2.10. The first-order valence-electron chi connectivity index (χ1n) is 9.49. The highest BCUT2D eigenvalue weighted by molar-refractivity contribution is 5.80. The van der Waals surface area contributed by atoms with Gasteiger partial charge in [-0.1, -0.05) is 19.1 Å². The summed E-state index contributed by atoms with van der Waals surface area (Å²) in [6, 6.07) is 10.9. The molecule has 2 fully saturated rings. The number of primary amides is 1. The Balaban J connectivity index is 1.64. The molecule has 2 aliphatic heterocycles.